The van der Waals surface area contributed by atoms with Crippen molar-refractivity contribution in [3.63, 3.8) is 0 Å². The summed E-state index contributed by atoms with van der Waals surface area (Å²) in [7, 11) is 1.69. The Morgan fingerprint density at radius 3 is 3.19 bits per heavy atom. The minimum absolute atomic E-state index is 0.686. The topological polar surface area (TPSA) is 39.1 Å². The van der Waals surface area contributed by atoms with E-state index in [9.17, 15) is 0 Å². The molecule has 0 radical (unpaired) electrons. The second-order valence-electron chi connectivity index (χ2n) is 3.44. The Balaban J connectivity index is 1.83. The van der Waals surface area contributed by atoms with E-state index in [0.717, 1.165) is 18.9 Å². The van der Waals surface area contributed by atoms with Crippen LogP contribution in [0, 0.1) is 0 Å². The lowest BCUT2D eigenvalue weighted by Gasteiger charge is -2.01. The van der Waals surface area contributed by atoms with E-state index in [0.29, 0.717) is 6.61 Å². The van der Waals surface area contributed by atoms with Crippen LogP contribution in [0.15, 0.2) is 29.1 Å². The average Bonchev–Trinajstić information content (AvgIpc) is 2.95. The summed E-state index contributed by atoms with van der Waals surface area (Å²) in [6.45, 7) is 2.30. The van der Waals surface area contributed by atoms with Crippen molar-refractivity contribution < 1.29 is 4.74 Å². The van der Waals surface area contributed by atoms with Crippen molar-refractivity contribution >= 4 is 17.2 Å². The van der Waals surface area contributed by atoms with Gasteiger partial charge in [-0.05, 0) is 22.4 Å². The highest BCUT2D eigenvalue weighted by molar-refractivity contribution is 7.07. The van der Waals surface area contributed by atoms with Gasteiger partial charge in [-0.2, -0.15) is 16.4 Å². The second kappa shape index (κ2) is 5.67. The zero-order valence-corrected chi connectivity index (χ0v) is 10.0. The standard InChI is InChI=1S/C11H15N3OS/c1-15-6-5-14-4-2-11(13-14)12-8-10-3-7-16-9-10/h2-4,7,9H,5-6,8H2,1H3,(H,12,13). The van der Waals surface area contributed by atoms with Gasteiger partial charge in [0.15, 0.2) is 0 Å². The Morgan fingerprint density at radius 2 is 2.44 bits per heavy atom. The maximum Gasteiger partial charge on any atom is 0.148 e. The molecule has 0 amide bonds. The maximum atomic E-state index is 4.99. The fraction of sp³-hybridized carbons (Fsp3) is 0.364. The van der Waals surface area contributed by atoms with E-state index in [4.69, 9.17) is 4.74 Å². The molecule has 1 N–H and O–H groups in total. The molecular formula is C11H15N3OS. The molecule has 0 spiro atoms. The smallest absolute Gasteiger partial charge is 0.148 e. The molecule has 2 heterocycles. The number of methoxy groups -OCH3 is 1. The molecule has 0 bridgehead atoms. The van der Waals surface area contributed by atoms with E-state index in [1.807, 2.05) is 16.9 Å². The normalized spacial score (nSPS) is 10.6. The summed E-state index contributed by atoms with van der Waals surface area (Å²) < 4.78 is 6.87. The van der Waals surface area contributed by atoms with Crippen molar-refractivity contribution in [2.45, 2.75) is 13.1 Å². The first-order valence-corrected chi connectivity index (χ1v) is 6.10. The van der Waals surface area contributed by atoms with Gasteiger partial charge in [0.05, 0.1) is 13.2 Å². The molecule has 0 aliphatic heterocycles. The molecule has 0 saturated heterocycles. The minimum atomic E-state index is 0.686. The highest BCUT2D eigenvalue weighted by Gasteiger charge is 1.98. The van der Waals surface area contributed by atoms with Crippen molar-refractivity contribution in [3.8, 4) is 0 Å². The Bertz CT molecular complexity index is 411. The van der Waals surface area contributed by atoms with Gasteiger partial charge in [-0.25, -0.2) is 0 Å². The Labute approximate surface area is 98.9 Å². The lowest BCUT2D eigenvalue weighted by molar-refractivity contribution is 0.183. The molecule has 2 aromatic heterocycles. The van der Waals surface area contributed by atoms with Crippen LogP contribution in [0.5, 0.6) is 0 Å². The quantitative estimate of drug-likeness (QED) is 0.837. The number of anilines is 1. The van der Waals surface area contributed by atoms with Crippen LogP contribution in [0.25, 0.3) is 0 Å². The molecule has 0 aromatic carbocycles. The van der Waals surface area contributed by atoms with Crippen molar-refractivity contribution in [2.24, 2.45) is 0 Å². The first-order chi connectivity index (χ1) is 7.88. The van der Waals surface area contributed by atoms with Gasteiger partial charge in [0, 0.05) is 25.9 Å². The number of nitrogens with zero attached hydrogens (tertiary/aromatic N) is 2. The van der Waals surface area contributed by atoms with Crippen molar-refractivity contribution in [2.75, 3.05) is 19.0 Å². The van der Waals surface area contributed by atoms with Gasteiger partial charge in [0.2, 0.25) is 0 Å². The molecule has 16 heavy (non-hydrogen) atoms. The molecule has 0 aliphatic carbocycles. The predicted octanol–water partition coefficient (Wildman–Crippen LogP) is 2.20. The molecule has 5 heteroatoms. The van der Waals surface area contributed by atoms with Crippen LogP contribution < -0.4 is 5.32 Å². The van der Waals surface area contributed by atoms with Crippen LogP contribution in [-0.4, -0.2) is 23.5 Å². The Hall–Kier alpha value is -1.33. The maximum absolute atomic E-state index is 4.99. The van der Waals surface area contributed by atoms with Crippen LogP contribution in [0.2, 0.25) is 0 Å². The number of hydrogen-bond acceptors (Lipinski definition) is 4. The SMILES string of the molecule is COCCn1ccc(NCc2ccsc2)n1. The highest BCUT2D eigenvalue weighted by atomic mass is 32.1. The summed E-state index contributed by atoms with van der Waals surface area (Å²) in [5.74, 6) is 0.905. The molecule has 0 aliphatic rings. The van der Waals surface area contributed by atoms with E-state index in [2.05, 4.69) is 27.2 Å². The summed E-state index contributed by atoms with van der Waals surface area (Å²) in [5, 5.41) is 11.9. The fourth-order valence-electron chi connectivity index (χ4n) is 1.35. The largest absolute Gasteiger partial charge is 0.383 e. The lowest BCUT2D eigenvalue weighted by Crippen LogP contribution is -2.05. The number of aromatic nitrogens is 2. The van der Waals surface area contributed by atoms with Gasteiger partial charge in [0.25, 0.3) is 0 Å². The molecule has 2 rings (SSSR count). The molecule has 86 valence electrons. The Morgan fingerprint density at radius 1 is 1.50 bits per heavy atom. The number of thiophene rings is 1. The first kappa shape index (κ1) is 11.2. The van der Waals surface area contributed by atoms with Crippen molar-refractivity contribution in [1.29, 1.82) is 0 Å². The molecule has 4 nitrogen and oxygen atoms in total. The summed E-state index contributed by atoms with van der Waals surface area (Å²) in [4.78, 5) is 0. The van der Waals surface area contributed by atoms with Gasteiger partial charge in [-0.3, -0.25) is 4.68 Å². The van der Waals surface area contributed by atoms with Crippen molar-refractivity contribution in [1.82, 2.24) is 9.78 Å². The van der Waals surface area contributed by atoms with E-state index < -0.39 is 0 Å². The zero-order valence-electron chi connectivity index (χ0n) is 9.22. The molecule has 0 saturated carbocycles. The number of rotatable bonds is 6. The van der Waals surface area contributed by atoms with Gasteiger partial charge >= 0.3 is 0 Å². The monoisotopic (exact) mass is 237 g/mol. The predicted molar refractivity (Wildman–Crippen MR) is 65.7 cm³/mol. The molecule has 0 unspecified atom stereocenters. The molecule has 0 atom stereocenters. The third-order valence-corrected chi connectivity index (χ3v) is 2.95. The number of ether oxygens (including phenoxy) is 1. The average molecular weight is 237 g/mol. The highest BCUT2D eigenvalue weighted by Crippen LogP contribution is 2.09. The third-order valence-electron chi connectivity index (χ3n) is 2.22. The van der Waals surface area contributed by atoms with Crippen LogP contribution in [0.3, 0.4) is 0 Å². The van der Waals surface area contributed by atoms with Crippen LogP contribution in [-0.2, 0) is 17.8 Å². The lowest BCUT2D eigenvalue weighted by atomic mass is 10.3. The summed E-state index contributed by atoms with van der Waals surface area (Å²) in [6.07, 6.45) is 1.95. The molecule has 0 fully saturated rings. The van der Waals surface area contributed by atoms with Gasteiger partial charge in [-0.1, -0.05) is 0 Å². The van der Waals surface area contributed by atoms with E-state index >= 15 is 0 Å². The first-order valence-electron chi connectivity index (χ1n) is 5.16. The zero-order chi connectivity index (χ0) is 11.2. The molecular weight excluding hydrogens is 222 g/mol. The van der Waals surface area contributed by atoms with Crippen LogP contribution >= 0.6 is 11.3 Å². The number of hydrogen-bond donors (Lipinski definition) is 1. The van der Waals surface area contributed by atoms with Gasteiger partial charge in [0.1, 0.15) is 5.82 Å². The van der Waals surface area contributed by atoms with E-state index in [1.54, 1.807) is 18.4 Å². The van der Waals surface area contributed by atoms with E-state index in [1.165, 1.54) is 5.56 Å². The van der Waals surface area contributed by atoms with Crippen molar-refractivity contribution in [3.05, 3.63) is 34.7 Å². The second-order valence-corrected chi connectivity index (χ2v) is 4.22. The van der Waals surface area contributed by atoms with Crippen LogP contribution in [0.1, 0.15) is 5.56 Å². The Kier molecular flexibility index (Phi) is 3.96. The summed E-state index contributed by atoms with van der Waals surface area (Å²) in [6, 6.07) is 4.08. The third kappa shape index (κ3) is 3.08. The van der Waals surface area contributed by atoms with Crippen LogP contribution in [0.4, 0.5) is 5.82 Å². The fourth-order valence-corrected chi connectivity index (χ4v) is 2.02. The minimum Gasteiger partial charge on any atom is -0.383 e. The van der Waals surface area contributed by atoms with E-state index in [-0.39, 0.29) is 0 Å². The molecule has 2 aromatic rings. The van der Waals surface area contributed by atoms with Gasteiger partial charge < -0.3 is 10.1 Å². The summed E-state index contributed by atoms with van der Waals surface area (Å²) in [5.41, 5.74) is 1.29. The summed E-state index contributed by atoms with van der Waals surface area (Å²) >= 11 is 1.71. The van der Waals surface area contributed by atoms with Gasteiger partial charge in [-0.15, -0.1) is 0 Å². The number of nitrogens with one attached hydrogen (secondary N) is 1.